The highest BCUT2D eigenvalue weighted by atomic mass is 19.1. The van der Waals surface area contributed by atoms with Crippen molar-refractivity contribution in [3.05, 3.63) is 35.1 Å². The SMILES string of the molecule is CCC(CC)[C@@H]1C[C@@H](NC(=O)NCc2ccc(C#N)cc2F)CCO1. The third-order valence-corrected chi connectivity index (χ3v) is 4.85. The van der Waals surface area contributed by atoms with E-state index >= 15 is 0 Å². The average Bonchev–Trinajstić information content (AvgIpc) is 2.62. The highest BCUT2D eigenvalue weighted by Gasteiger charge is 2.28. The van der Waals surface area contributed by atoms with Gasteiger partial charge in [0.1, 0.15) is 5.82 Å². The molecular formula is C19H26FN3O2. The summed E-state index contributed by atoms with van der Waals surface area (Å²) in [6.07, 6.45) is 3.92. The van der Waals surface area contributed by atoms with Crippen molar-refractivity contribution in [1.82, 2.24) is 10.6 Å². The van der Waals surface area contributed by atoms with Crippen LogP contribution < -0.4 is 10.6 Å². The molecule has 5 nitrogen and oxygen atoms in total. The normalized spacial score (nSPS) is 20.1. The predicted molar refractivity (Wildman–Crippen MR) is 93.3 cm³/mol. The lowest BCUT2D eigenvalue weighted by atomic mass is 9.89. The zero-order valence-corrected chi connectivity index (χ0v) is 14.8. The molecule has 25 heavy (non-hydrogen) atoms. The van der Waals surface area contributed by atoms with E-state index in [0.29, 0.717) is 18.1 Å². The van der Waals surface area contributed by atoms with Gasteiger partial charge in [-0.25, -0.2) is 9.18 Å². The van der Waals surface area contributed by atoms with Crippen LogP contribution in [0.1, 0.15) is 50.7 Å². The van der Waals surface area contributed by atoms with Crippen LogP contribution in [0.4, 0.5) is 9.18 Å². The lowest BCUT2D eigenvalue weighted by Gasteiger charge is -2.34. The fourth-order valence-corrected chi connectivity index (χ4v) is 3.27. The molecule has 6 heteroatoms. The molecule has 1 aliphatic heterocycles. The first-order valence-corrected chi connectivity index (χ1v) is 8.91. The minimum absolute atomic E-state index is 0.0742. The smallest absolute Gasteiger partial charge is 0.315 e. The highest BCUT2D eigenvalue weighted by Crippen LogP contribution is 2.25. The largest absolute Gasteiger partial charge is 0.378 e. The number of ether oxygens (including phenoxy) is 1. The number of carbonyl (C=O) groups is 1. The van der Waals surface area contributed by atoms with Gasteiger partial charge in [-0.3, -0.25) is 0 Å². The van der Waals surface area contributed by atoms with Crippen LogP contribution in [0.5, 0.6) is 0 Å². The van der Waals surface area contributed by atoms with Gasteiger partial charge in [0.2, 0.25) is 0 Å². The third kappa shape index (κ3) is 5.43. The van der Waals surface area contributed by atoms with Crippen LogP contribution in [0.25, 0.3) is 0 Å². The summed E-state index contributed by atoms with van der Waals surface area (Å²) < 4.78 is 19.7. The topological polar surface area (TPSA) is 74.2 Å². The second-order valence-electron chi connectivity index (χ2n) is 6.45. The molecule has 2 rings (SSSR count). The molecule has 0 saturated carbocycles. The standard InChI is InChI=1S/C19H26FN3O2/c1-3-14(4-2)18-10-16(7-8-25-18)23-19(24)22-12-15-6-5-13(11-21)9-17(15)20/h5-6,9,14,16,18H,3-4,7-8,10,12H2,1-2H3,(H2,22,23,24)/t16-,18-/m0/s1. The first-order valence-electron chi connectivity index (χ1n) is 8.91. The van der Waals surface area contributed by atoms with Crippen LogP contribution >= 0.6 is 0 Å². The number of benzene rings is 1. The highest BCUT2D eigenvalue weighted by molar-refractivity contribution is 5.74. The van der Waals surface area contributed by atoms with E-state index in [1.54, 1.807) is 0 Å². The molecule has 2 N–H and O–H groups in total. The number of amides is 2. The van der Waals surface area contributed by atoms with Crippen LogP contribution in [-0.2, 0) is 11.3 Å². The summed E-state index contributed by atoms with van der Waals surface area (Å²) in [7, 11) is 0. The molecule has 1 heterocycles. The molecule has 0 spiro atoms. The Morgan fingerprint density at radius 1 is 1.44 bits per heavy atom. The Kier molecular flexibility index (Phi) is 7.20. The second kappa shape index (κ2) is 9.38. The molecule has 1 aromatic rings. The number of carbonyl (C=O) groups excluding carboxylic acids is 1. The number of hydrogen-bond donors (Lipinski definition) is 2. The summed E-state index contributed by atoms with van der Waals surface area (Å²) in [5, 5.41) is 14.4. The number of halogens is 1. The zero-order valence-electron chi connectivity index (χ0n) is 14.8. The Labute approximate surface area is 148 Å². The van der Waals surface area contributed by atoms with Crippen LogP contribution in [0.15, 0.2) is 18.2 Å². The molecule has 1 aliphatic rings. The molecule has 1 saturated heterocycles. The zero-order chi connectivity index (χ0) is 18.2. The van der Waals surface area contributed by atoms with Gasteiger partial charge >= 0.3 is 6.03 Å². The van der Waals surface area contributed by atoms with E-state index in [2.05, 4.69) is 24.5 Å². The van der Waals surface area contributed by atoms with E-state index in [1.807, 2.05) is 6.07 Å². The van der Waals surface area contributed by atoms with Gasteiger partial charge in [-0.15, -0.1) is 0 Å². The number of nitrogens with zero attached hydrogens (tertiary/aromatic N) is 1. The number of nitriles is 1. The van der Waals surface area contributed by atoms with Crippen molar-refractivity contribution in [2.75, 3.05) is 6.61 Å². The average molecular weight is 347 g/mol. The molecular weight excluding hydrogens is 321 g/mol. The van der Waals surface area contributed by atoms with Crippen molar-refractivity contribution in [3.8, 4) is 6.07 Å². The fourth-order valence-electron chi connectivity index (χ4n) is 3.27. The molecule has 0 aromatic heterocycles. The number of hydrogen-bond acceptors (Lipinski definition) is 3. The van der Waals surface area contributed by atoms with E-state index in [4.69, 9.17) is 10.00 Å². The Bertz CT molecular complexity index is 626. The molecule has 0 unspecified atom stereocenters. The predicted octanol–water partition coefficient (Wildman–Crippen LogP) is 3.48. The Hall–Kier alpha value is -2.13. The van der Waals surface area contributed by atoms with Crippen molar-refractivity contribution >= 4 is 6.03 Å². The van der Waals surface area contributed by atoms with E-state index in [0.717, 1.165) is 25.7 Å². The quantitative estimate of drug-likeness (QED) is 0.827. The summed E-state index contributed by atoms with van der Waals surface area (Å²) in [4.78, 5) is 12.1. The second-order valence-corrected chi connectivity index (χ2v) is 6.45. The maximum absolute atomic E-state index is 13.8. The number of rotatable bonds is 6. The molecule has 1 aromatic carbocycles. The van der Waals surface area contributed by atoms with Gasteiger partial charge in [-0.1, -0.05) is 32.8 Å². The summed E-state index contributed by atoms with van der Waals surface area (Å²) in [5.74, 6) is 0.0274. The minimum Gasteiger partial charge on any atom is -0.378 e. The molecule has 0 radical (unpaired) electrons. The van der Waals surface area contributed by atoms with E-state index in [-0.39, 0.29) is 30.3 Å². The van der Waals surface area contributed by atoms with Crippen LogP contribution in [0, 0.1) is 23.1 Å². The molecule has 2 amide bonds. The maximum Gasteiger partial charge on any atom is 0.315 e. The summed E-state index contributed by atoms with van der Waals surface area (Å²) in [5.41, 5.74) is 0.622. The van der Waals surface area contributed by atoms with Crippen molar-refractivity contribution < 1.29 is 13.9 Å². The summed E-state index contributed by atoms with van der Waals surface area (Å²) >= 11 is 0. The molecule has 136 valence electrons. The van der Waals surface area contributed by atoms with Gasteiger partial charge in [0.15, 0.2) is 0 Å². The summed E-state index contributed by atoms with van der Waals surface area (Å²) in [6.45, 7) is 5.06. The third-order valence-electron chi connectivity index (χ3n) is 4.85. The Balaban J connectivity index is 1.83. The van der Waals surface area contributed by atoms with Gasteiger partial charge in [-0.05, 0) is 30.9 Å². The fraction of sp³-hybridized carbons (Fsp3) is 0.579. The minimum atomic E-state index is -0.487. The number of nitrogens with one attached hydrogen (secondary N) is 2. The number of urea groups is 1. The van der Waals surface area contributed by atoms with Crippen LogP contribution in [0.2, 0.25) is 0 Å². The lowest BCUT2D eigenvalue weighted by molar-refractivity contribution is -0.0331. The first-order chi connectivity index (χ1) is 12.1. The lowest BCUT2D eigenvalue weighted by Crippen LogP contribution is -2.47. The molecule has 0 aliphatic carbocycles. The van der Waals surface area contributed by atoms with Crippen LogP contribution in [0.3, 0.4) is 0 Å². The van der Waals surface area contributed by atoms with Crippen molar-refractivity contribution in [3.63, 3.8) is 0 Å². The Morgan fingerprint density at radius 2 is 2.20 bits per heavy atom. The monoisotopic (exact) mass is 347 g/mol. The van der Waals surface area contributed by atoms with Gasteiger partial charge < -0.3 is 15.4 Å². The van der Waals surface area contributed by atoms with E-state index < -0.39 is 5.82 Å². The molecule has 1 fully saturated rings. The summed E-state index contributed by atoms with van der Waals surface area (Å²) in [6, 6.07) is 5.89. The van der Waals surface area contributed by atoms with Gasteiger partial charge in [0.05, 0.1) is 17.7 Å². The van der Waals surface area contributed by atoms with Gasteiger partial charge in [0, 0.05) is 24.8 Å². The van der Waals surface area contributed by atoms with E-state index in [1.165, 1.54) is 18.2 Å². The van der Waals surface area contributed by atoms with Crippen LogP contribution in [-0.4, -0.2) is 24.8 Å². The van der Waals surface area contributed by atoms with E-state index in [9.17, 15) is 9.18 Å². The maximum atomic E-state index is 13.8. The van der Waals surface area contributed by atoms with Gasteiger partial charge in [-0.2, -0.15) is 5.26 Å². The first kappa shape index (κ1) is 19.2. The van der Waals surface area contributed by atoms with Crippen molar-refractivity contribution in [1.29, 1.82) is 5.26 Å². The Morgan fingerprint density at radius 3 is 2.84 bits per heavy atom. The van der Waals surface area contributed by atoms with Gasteiger partial charge in [0.25, 0.3) is 0 Å². The van der Waals surface area contributed by atoms with Crippen molar-refractivity contribution in [2.45, 2.75) is 58.2 Å². The van der Waals surface area contributed by atoms with Crippen molar-refractivity contribution in [2.24, 2.45) is 5.92 Å². The molecule has 0 bridgehead atoms. The molecule has 2 atom stereocenters.